The fourth-order valence-electron chi connectivity index (χ4n) is 5.18. The first-order valence-electron chi connectivity index (χ1n) is 14.2. The number of hydrogen-bond donors (Lipinski definition) is 6. The molecule has 5 rings (SSSR count). The number of hydrogen-bond acceptors (Lipinski definition) is 20. The molecule has 0 unspecified atom stereocenters. The number of aromatic nitrogens is 6. The topological polar surface area (TPSA) is 348 Å². The van der Waals surface area contributed by atoms with Gasteiger partial charge < -0.3 is 59.5 Å². The van der Waals surface area contributed by atoms with Crippen molar-refractivity contribution in [3.8, 4) is 0 Å². The molecule has 24 nitrogen and oxygen atoms in total. The van der Waals surface area contributed by atoms with E-state index in [-0.39, 0.29) is 95.2 Å². The zero-order valence-corrected chi connectivity index (χ0v) is 33.5. The number of anilines is 2. The van der Waals surface area contributed by atoms with Crippen LogP contribution < -0.4 is 96.7 Å². The first-order chi connectivity index (χ1) is 23.1. The molecule has 8 N–H and O–H groups in total. The van der Waals surface area contributed by atoms with Crippen LogP contribution in [0.2, 0.25) is 0 Å². The number of nitrogen functional groups attached to an aromatic ring is 2. The summed E-state index contributed by atoms with van der Waals surface area (Å²) in [7, 11) is -7.57. The molecule has 51 heavy (non-hydrogen) atoms. The van der Waals surface area contributed by atoms with Gasteiger partial charge >= 0.3 is 72.6 Å². The summed E-state index contributed by atoms with van der Waals surface area (Å²) in [6.07, 6.45) is -9.40. The molecule has 3 aromatic heterocycles. The Morgan fingerprint density at radius 2 is 1.69 bits per heavy atom. The second-order valence-corrected chi connectivity index (χ2v) is 13.6. The summed E-state index contributed by atoms with van der Waals surface area (Å²) in [4.78, 5) is 61.4. The summed E-state index contributed by atoms with van der Waals surface area (Å²) in [5, 5.41) is 23.9. The van der Waals surface area contributed by atoms with Gasteiger partial charge in [0.25, 0.3) is 5.56 Å². The van der Waals surface area contributed by atoms with Crippen LogP contribution >= 0.6 is 15.6 Å². The number of rotatable bonds is 15. The molecule has 2 aliphatic heterocycles. The van der Waals surface area contributed by atoms with Gasteiger partial charge in [-0.1, -0.05) is 0 Å². The Morgan fingerprint density at radius 1 is 1.00 bits per heavy atom. The quantitative estimate of drug-likeness (QED) is 0.0473. The van der Waals surface area contributed by atoms with Crippen LogP contribution in [0.4, 0.5) is 11.8 Å². The molecule has 5 heterocycles. The Hall–Kier alpha value is -1.19. The van der Waals surface area contributed by atoms with Crippen LogP contribution in [0.1, 0.15) is 12.5 Å². The van der Waals surface area contributed by atoms with Gasteiger partial charge in [0, 0.05) is 27.0 Å². The molecule has 272 valence electrons. The molecule has 0 amide bonds. The fourth-order valence-corrected chi connectivity index (χ4v) is 7.02. The number of phosphoric ester groups is 1. The van der Waals surface area contributed by atoms with E-state index >= 15 is 0 Å². The van der Waals surface area contributed by atoms with Gasteiger partial charge in [-0.05, 0) is 6.07 Å². The summed E-state index contributed by atoms with van der Waals surface area (Å²) in [6, 6.07) is 1.27. The third kappa shape index (κ3) is 10.3. The molecule has 0 bridgehead atoms. The minimum atomic E-state index is -5.56. The average Bonchev–Trinajstić information content (AvgIpc) is 3.68. The summed E-state index contributed by atoms with van der Waals surface area (Å²) in [5.41, 5.74) is 9.45. The number of phosphoric acid groups is 1. The standard InChI is InChI=1S/C23H35N9O15P2.2Na/c1-41-6-4-27-48(37,43-7-10-14(33)15(34)20(45-10)31-5-3-12(24)28-23(31)36)47-16-11(8-44-49(38,39)40)46-21(17(16)42-2)32-9-26-13-18(32)29-22(25)30-19(13)35;;/h3,5,9-11,14-17,20-21,33-34H,4,6-8H2,1-2H3,(H,27,37)(H2,24,28,36)(H2,38,39,40)(H3,25,29,30,35);;/q;2*+1/p-2/t10-,11-,14-,15-,16-,17-,20-,21-,48+;;/m1../s1. The van der Waals surface area contributed by atoms with Crippen molar-refractivity contribution in [3.05, 3.63) is 39.4 Å². The number of ether oxygens (including phenoxy) is 4. The predicted molar refractivity (Wildman–Crippen MR) is 158 cm³/mol. The summed E-state index contributed by atoms with van der Waals surface area (Å²) in [6.45, 7) is -1.78. The largest absolute Gasteiger partial charge is 1.00 e. The number of nitrogens with one attached hydrogen (secondary N) is 2. The normalized spacial score (nSPS) is 27.6. The Kier molecular flexibility index (Phi) is 16.0. The van der Waals surface area contributed by atoms with Crippen LogP contribution in [0, 0.1) is 0 Å². The molecule has 2 fully saturated rings. The van der Waals surface area contributed by atoms with Crippen LogP contribution in [-0.2, 0) is 41.6 Å². The van der Waals surface area contributed by atoms with Gasteiger partial charge in [0.1, 0.15) is 42.4 Å². The van der Waals surface area contributed by atoms with Gasteiger partial charge in [-0.3, -0.25) is 28.0 Å². The van der Waals surface area contributed by atoms with E-state index < -0.39 is 89.1 Å². The van der Waals surface area contributed by atoms with Crippen molar-refractivity contribution in [2.45, 2.75) is 49.1 Å². The van der Waals surface area contributed by atoms with E-state index in [2.05, 4.69) is 29.5 Å². The van der Waals surface area contributed by atoms with Crippen molar-refractivity contribution < 1.29 is 121 Å². The van der Waals surface area contributed by atoms with Crippen molar-refractivity contribution in [2.24, 2.45) is 0 Å². The van der Waals surface area contributed by atoms with Crippen LogP contribution in [0.3, 0.4) is 0 Å². The Labute approximate surface area is 331 Å². The molecule has 9 atom stereocenters. The maximum absolute atomic E-state index is 14.2. The Balaban J connectivity index is 0.00000351. The molecule has 28 heteroatoms. The minimum absolute atomic E-state index is 0. The molecule has 3 aromatic rings. The maximum atomic E-state index is 14.2. The molecular weight excluding hydrogens is 750 g/mol. The number of nitrogens with zero attached hydrogens (tertiary/aromatic N) is 5. The molecule has 2 aliphatic rings. The second kappa shape index (κ2) is 18.4. The number of fused-ring (bicyclic) bond motifs is 1. The van der Waals surface area contributed by atoms with E-state index in [1.54, 1.807) is 0 Å². The van der Waals surface area contributed by atoms with Crippen LogP contribution in [0.25, 0.3) is 11.2 Å². The van der Waals surface area contributed by atoms with Crippen molar-refractivity contribution in [3.63, 3.8) is 0 Å². The van der Waals surface area contributed by atoms with Crippen molar-refractivity contribution in [1.82, 2.24) is 34.2 Å². The molecule has 0 spiro atoms. The third-order valence-electron chi connectivity index (χ3n) is 7.42. The average molecular weight is 783 g/mol. The number of methoxy groups -OCH3 is 2. The number of aliphatic hydroxyl groups excluding tert-OH is 2. The smallest absolute Gasteiger partial charge is 0.790 e. The summed E-state index contributed by atoms with van der Waals surface area (Å²) < 4.78 is 65.9. The molecule has 0 aliphatic carbocycles. The van der Waals surface area contributed by atoms with Gasteiger partial charge in [0.2, 0.25) is 5.95 Å². The predicted octanol–water partition coefficient (Wildman–Crippen LogP) is -10.3. The monoisotopic (exact) mass is 783 g/mol. The van der Waals surface area contributed by atoms with E-state index in [4.69, 9.17) is 39.5 Å². The molecule has 2 saturated heterocycles. The van der Waals surface area contributed by atoms with Gasteiger partial charge in [0.05, 0.1) is 34.0 Å². The number of aromatic amines is 1. The van der Waals surface area contributed by atoms with Gasteiger partial charge in [-0.25, -0.2) is 19.4 Å². The number of nitrogens with two attached hydrogens (primary N) is 2. The maximum Gasteiger partial charge on any atom is 1.00 e. The van der Waals surface area contributed by atoms with Crippen molar-refractivity contribution >= 4 is 38.5 Å². The minimum Gasteiger partial charge on any atom is -0.790 e. The summed E-state index contributed by atoms with van der Waals surface area (Å²) in [5.74, 6) is -0.354. The zero-order chi connectivity index (χ0) is 35.7. The van der Waals surface area contributed by atoms with E-state index in [1.165, 1.54) is 31.0 Å². The molecule has 0 radical (unpaired) electrons. The first-order valence-corrected chi connectivity index (χ1v) is 17.3. The number of imidazole rings is 1. The number of H-pyrrole nitrogens is 1. The van der Waals surface area contributed by atoms with E-state index in [9.17, 15) is 38.7 Å². The van der Waals surface area contributed by atoms with Crippen LogP contribution in [0.15, 0.2) is 28.2 Å². The zero-order valence-electron chi connectivity index (χ0n) is 27.7. The van der Waals surface area contributed by atoms with E-state index in [0.717, 1.165) is 10.9 Å². The van der Waals surface area contributed by atoms with Gasteiger partial charge in [0.15, 0.2) is 23.6 Å². The molecular formula is C23H33N9Na2O15P2. The first kappa shape index (κ1) is 44.2. The van der Waals surface area contributed by atoms with Gasteiger partial charge in [-0.15, -0.1) is 0 Å². The molecule has 0 aromatic carbocycles. The van der Waals surface area contributed by atoms with Crippen molar-refractivity contribution in [1.29, 1.82) is 0 Å². The SMILES string of the molecule is COCCN[P@](=O)(OC[C@H]1O[C@@H](n2ccc(N)nc2=O)[C@H](O)[C@@H]1O)O[C@H]1[C@@H](OC)[C@H](n2cnc3c(=O)[nH]c(N)nc32)O[C@@H]1COP(=O)([O-])[O-].[Na+].[Na+]. The molecule has 0 saturated carbocycles. The third-order valence-corrected chi connectivity index (χ3v) is 9.51. The van der Waals surface area contributed by atoms with Gasteiger partial charge in [-0.2, -0.15) is 9.97 Å². The van der Waals surface area contributed by atoms with Crippen LogP contribution in [-0.4, -0.2) is 116 Å². The second-order valence-electron chi connectivity index (χ2n) is 10.6. The number of aliphatic hydroxyl groups is 2. The van der Waals surface area contributed by atoms with E-state index in [1.807, 2.05) is 0 Å². The van der Waals surface area contributed by atoms with Crippen molar-refractivity contribution in [2.75, 3.05) is 52.1 Å². The van der Waals surface area contributed by atoms with Crippen LogP contribution in [0.5, 0.6) is 0 Å². The fraction of sp³-hybridized carbons (Fsp3) is 0.609. The Morgan fingerprint density at radius 3 is 2.33 bits per heavy atom. The van der Waals surface area contributed by atoms with E-state index in [0.29, 0.717) is 0 Å². The Bertz CT molecular complexity index is 1850. The summed E-state index contributed by atoms with van der Waals surface area (Å²) >= 11 is 0.